The number of carbonyl (C=O) groups excluding carboxylic acids is 2. The van der Waals surface area contributed by atoms with Gasteiger partial charge in [0.1, 0.15) is 11.5 Å². The molecule has 2 aromatic heterocycles. The van der Waals surface area contributed by atoms with E-state index in [0.717, 1.165) is 43.2 Å². The topological polar surface area (TPSA) is 104 Å². The minimum Gasteiger partial charge on any atom is -0.450 e. The van der Waals surface area contributed by atoms with Gasteiger partial charge in [0.15, 0.2) is 5.76 Å². The van der Waals surface area contributed by atoms with E-state index in [1.807, 2.05) is 20.0 Å². The maximum atomic E-state index is 12.9. The van der Waals surface area contributed by atoms with Gasteiger partial charge in [-0.2, -0.15) is 5.10 Å². The molecule has 0 spiro atoms. The summed E-state index contributed by atoms with van der Waals surface area (Å²) in [6, 6.07) is 1.71. The van der Waals surface area contributed by atoms with Crippen LogP contribution in [0.5, 0.6) is 0 Å². The summed E-state index contributed by atoms with van der Waals surface area (Å²) in [5.41, 5.74) is 2.12. The fourth-order valence-electron chi connectivity index (χ4n) is 4.13. The largest absolute Gasteiger partial charge is 0.450 e. The number of aromatic nitrogens is 2. The van der Waals surface area contributed by atoms with Gasteiger partial charge in [0.05, 0.1) is 12.4 Å². The van der Waals surface area contributed by atoms with Gasteiger partial charge < -0.3 is 14.6 Å². The van der Waals surface area contributed by atoms with Gasteiger partial charge in [-0.25, -0.2) is 0 Å². The summed E-state index contributed by atoms with van der Waals surface area (Å²) in [6.45, 7) is 14.7. The number of nitrogens with zero attached hydrogens (tertiary/aromatic N) is 3. The van der Waals surface area contributed by atoms with E-state index in [0.29, 0.717) is 24.5 Å². The molecule has 0 bridgehead atoms. The highest BCUT2D eigenvalue weighted by Gasteiger charge is 2.25. The lowest BCUT2D eigenvalue weighted by atomic mass is 9.78. The molecule has 0 saturated heterocycles. The van der Waals surface area contributed by atoms with Crippen molar-refractivity contribution in [2.24, 2.45) is 10.4 Å². The van der Waals surface area contributed by atoms with Crippen LogP contribution in [0.25, 0.3) is 6.08 Å². The molecule has 0 saturated carbocycles. The molecule has 2 rings (SSSR count). The van der Waals surface area contributed by atoms with Crippen LogP contribution >= 0.6 is 0 Å². The second-order valence-electron chi connectivity index (χ2n) is 9.31. The summed E-state index contributed by atoms with van der Waals surface area (Å²) in [4.78, 5) is 31.1. The standard InChI is InChI=1S/C28H39N5O3/c1-7-10-12-22-19-31-32-25(22)27(35)33(6)17-15-28(5,13-8-2)14-11-16-30-26(34)23-18-21(4)24(36-23)20-29-9-3/h7,9-10,12,18-20H,1,3,8,11,13-17H2,2,4-6H3,(H,30,34)(H,31,32)/b12-10-,29-20?. The van der Waals surface area contributed by atoms with Gasteiger partial charge >= 0.3 is 0 Å². The van der Waals surface area contributed by atoms with Crippen LogP contribution < -0.4 is 5.32 Å². The van der Waals surface area contributed by atoms with Gasteiger partial charge in [0.25, 0.3) is 11.8 Å². The number of hydrogen-bond donors (Lipinski definition) is 2. The van der Waals surface area contributed by atoms with E-state index >= 15 is 0 Å². The molecule has 2 heterocycles. The minimum atomic E-state index is -0.236. The number of aryl methyl sites for hydroxylation is 1. The highest BCUT2D eigenvalue weighted by Crippen LogP contribution is 2.33. The molecule has 0 aliphatic carbocycles. The van der Waals surface area contributed by atoms with Crippen molar-refractivity contribution in [3.63, 3.8) is 0 Å². The molecule has 36 heavy (non-hydrogen) atoms. The number of amides is 2. The van der Waals surface area contributed by atoms with Crippen LogP contribution in [0.1, 0.15) is 83.9 Å². The average Bonchev–Trinajstić information content (AvgIpc) is 3.48. The van der Waals surface area contributed by atoms with Gasteiger partial charge in [-0.3, -0.25) is 19.7 Å². The van der Waals surface area contributed by atoms with Gasteiger partial charge in [-0.05, 0) is 49.7 Å². The van der Waals surface area contributed by atoms with Gasteiger partial charge in [-0.15, -0.1) is 0 Å². The fourth-order valence-corrected chi connectivity index (χ4v) is 4.13. The van der Waals surface area contributed by atoms with E-state index in [1.165, 1.54) is 6.20 Å². The normalized spacial score (nSPS) is 13.1. The van der Waals surface area contributed by atoms with Crippen molar-refractivity contribution in [2.75, 3.05) is 20.1 Å². The molecule has 2 N–H and O–H groups in total. The van der Waals surface area contributed by atoms with Crippen molar-refractivity contribution in [3.8, 4) is 0 Å². The first-order valence-corrected chi connectivity index (χ1v) is 12.3. The van der Waals surface area contributed by atoms with Crippen LogP contribution in [0, 0.1) is 12.3 Å². The minimum absolute atomic E-state index is 0.0587. The van der Waals surface area contributed by atoms with Crippen molar-refractivity contribution in [3.05, 3.63) is 72.1 Å². The third-order valence-corrected chi connectivity index (χ3v) is 6.27. The van der Waals surface area contributed by atoms with E-state index in [-0.39, 0.29) is 23.0 Å². The lowest BCUT2D eigenvalue weighted by molar-refractivity contribution is 0.0760. The number of furan rings is 1. The SMILES string of the molecule is C=C/C=C\c1cn[nH]c1C(=O)N(C)CCC(C)(CCC)CCCNC(=O)c1cc(C)c(C=NC=C)o1. The highest BCUT2D eigenvalue weighted by atomic mass is 16.4. The lowest BCUT2D eigenvalue weighted by Crippen LogP contribution is -2.32. The summed E-state index contributed by atoms with van der Waals surface area (Å²) in [5.74, 6) is 0.497. The van der Waals surface area contributed by atoms with E-state index in [2.05, 4.69) is 47.5 Å². The summed E-state index contributed by atoms with van der Waals surface area (Å²) in [7, 11) is 1.82. The second kappa shape index (κ2) is 14.0. The predicted octanol–water partition coefficient (Wildman–Crippen LogP) is 5.55. The lowest BCUT2D eigenvalue weighted by Gasteiger charge is -2.31. The van der Waals surface area contributed by atoms with Crippen LogP contribution in [-0.2, 0) is 0 Å². The summed E-state index contributed by atoms with van der Waals surface area (Å²) >= 11 is 0. The number of carbonyl (C=O) groups is 2. The van der Waals surface area contributed by atoms with E-state index in [4.69, 9.17) is 4.42 Å². The second-order valence-corrected chi connectivity index (χ2v) is 9.31. The zero-order valence-corrected chi connectivity index (χ0v) is 22.0. The van der Waals surface area contributed by atoms with Crippen molar-refractivity contribution < 1.29 is 14.0 Å². The first-order chi connectivity index (χ1) is 17.2. The smallest absolute Gasteiger partial charge is 0.287 e. The summed E-state index contributed by atoms with van der Waals surface area (Å²) in [6.07, 6.45) is 14.6. The zero-order valence-electron chi connectivity index (χ0n) is 22.0. The molecular formula is C28H39N5O3. The quantitative estimate of drug-likeness (QED) is 0.193. The Balaban J connectivity index is 1.88. The summed E-state index contributed by atoms with van der Waals surface area (Å²) < 4.78 is 5.60. The molecule has 1 unspecified atom stereocenters. The predicted molar refractivity (Wildman–Crippen MR) is 145 cm³/mol. The Bertz CT molecular complexity index is 1090. The number of rotatable bonds is 15. The zero-order chi connectivity index (χ0) is 26.6. The van der Waals surface area contributed by atoms with Crippen molar-refractivity contribution in [1.29, 1.82) is 0 Å². The number of allylic oxidation sites excluding steroid dienone is 2. The number of aliphatic imine (C=N–C) groups is 1. The molecule has 8 heteroatoms. The molecule has 8 nitrogen and oxygen atoms in total. The number of hydrogen-bond acceptors (Lipinski definition) is 5. The van der Waals surface area contributed by atoms with Crippen molar-refractivity contribution >= 4 is 24.1 Å². The first-order valence-electron chi connectivity index (χ1n) is 12.3. The van der Waals surface area contributed by atoms with Gasteiger partial charge in [0, 0.05) is 31.9 Å². The van der Waals surface area contributed by atoms with Crippen molar-refractivity contribution in [1.82, 2.24) is 20.4 Å². The monoisotopic (exact) mass is 493 g/mol. The Hall–Kier alpha value is -3.68. The molecule has 2 aromatic rings. The van der Waals surface area contributed by atoms with Crippen LogP contribution in [-0.4, -0.2) is 53.3 Å². The maximum absolute atomic E-state index is 12.9. The molecule has 0 aliphatic heterocycles. The molecule has 0 fully saturated rings. The number of aromatic amines is 1. The Morgan fingerprint density at radius 1 is 1.31 bits per heavy atom. The van der Waals surface area contributed by atoms with Gasteiger partial charge in [-0.1, -0.05) is 51.7 Å². The molecule has 0 radical (unpaired) electrons. The number of H-pyrrole nitrogens is 1. The maximum Gasteiger partial charge on any atom is 0.287 e. The number of nitrogens with one attached hydrogen (secondary N) is 2. The Kier molecular flexibility index (Phi) is 11.1. The Morgan fingerprint density at radius 2 is 2.08 bits per heavy atom. The van der Waals surface area contributed by atoms with E-state index in [1.54, 1.807) is 35.5 Å². The molecular weight excluding hydrogens is 454 g/mol. The molecule has 2 amide bonds. The van der Waals surface area contributed by atoms with E-state index < -0.39 is 0 Å². The van der Waals surface area contributed by atoms with Crippen LogP contribution in [0.2, 0.25) is 0 Å². The third kappa shape index (κ3) is 8.22. The molecule has 1 atom stereocenters. The van der Waals surface area contributed by atoms with Gasteiger partial charge in [0.2, 0.25) is 0 Å². The Labute approximate surface area is 214 Å². The first kappa shape index (κ1) is 28.6. The third-order valence-electron chi connectivity index (χ3n) is 6.27. The highest BCUT2D eigenvalue weighted by molar-refractivity contribution is 5.95. The molecule has 0 aliphatic rings. The summed E-state index contributed by atoms with van der Waals surface area (Å²) in [5, 5.41) is 9.77. The molecule has 194 valence electrons. The van der Waals surface area contributed by atoms with E-state index in [9.17, 15) is 9.59 Å². The van der Waals surface area contributed by atoms with Crippen molar-refractivity contribution in [2.45, 2.75) is 52.9 Å². The van der Waals surface area contributed by atoms with Crippen LogP contribution in [0.4, 0.5) is 0 Å². The average molecular weight is 494 g/mol. The van der Waals surface area contributed by atoms with Crippen LogP contribution in [0.3, 0.4) is 0 Å². The van der Waals surface area contributed by atoms with Crippen LogP contribution in [0.15, 0.2) is 53.2 Å². The molecule has 0 aromatic carbocycles. The Morgan fingerprint density at radius 3 is 2.78 bits per heavy atom. The fraction of sp³-hybridized carbons (Fsp3) is 0.429.